The second-order valence-corrected chi connectivity index (χ2v) is 0.822. The average molecular weight is 174 g/mol. The predicted octanol–water partition coefficient (Wildman–Crippen LogP) is 0.0431. The van der Waals surface area contributed by atoms with Crippen LogP contribution in [0.25, 0.3) is 0 Å². The molecule has 0 aliphatic heterocycles. The summed E-state index contributed by atoms with van der Waals surface area (Å²) >= 11 is 11.1. The molecule has 0 aromatic rings. The van der Waals surface area contributed by atoms with E-state index in [9.17, 15) is 0 Å². The van der Waals surface area contributed by atoms with Gasteiger partial charge in [0, 0.05) is 0 Å². The zero-order valence-corrected chi connectivity index (χ0v) is 6.52. The van der Waals surface area contributed by atoms with Gasteiger partial charge in [0.15, 0.2) is 0 Å². The lowest BCUT2D eigenvalue weighted by Gasteiger charge is -1.53. The molecule has 0 rings (SSSR count). The molecule has 0 aliphatic rings. The monoisotopic (exact) mass is 174 g/mol. The van der Waals surface area contributed by atoms with Crippen LogP contribution in [0.5, 0.6) is 0 Å². The lowest BCUT2D eigenvalue weighted by atomic mass is 11.8. The third kappa shape index (κ3) is 248. The minimum atomic E-state index is 1.33. The van der Waals surface area contributed by atoms with Crippen molar-refractivity contribution >= 4 is 37.9 Å². The summed E-state index contributed by atoms with van der Waals surface area (Å²) in [6.07, 6.45) is 0. The van der Waals surface area contributed by atoms with E-state index >= 15 is 0 Å². The highest BCUT2D eigenvalue weighted by Gasteiger charge is 0.872. The van der Waals surface area contributed by atoms with Gasteiger partial charge in [-0.1, -0.05) is 16.2 Å². The first-order chi connectivity index (χ1) is 4.24. The minimum absolute atomic E-state index is 1.33. The Balaban J connectivity index is -0.0000000600. The Morgan fingerprint density at radius 3 is 0.667 bits per heavy atom. The first kappa shape index (κ1) is 15.7. The van der Waals surface area contributed by atoms with E-state index in [4.69, 9.17) is 15.8 Å². The second kappa shape index (κ2) is 59.1. The van der Waals surface area contributed by atoms with Gasteiger partial charge in [-0.15, -0.1) is 0 Å². The zero-order chi connectivity index (χ0) is 8.12. The maximum absolute atomic E-state index is 7.13. The van der Waals surface area contributed by atoms with Crippen LogP contribution in [0.2, 0.25) is 0 Å². The molecule has 0 aromatic heterocycles. The molecule has 9 heavy (non-hydrogen) atoms. The molecule has 48 valence electrons. The highest BCUT2D eigenvalue weighted by Crippen LogP contribution is 1.16. The van der Waals surface area contributed by atoms with Crippen molar-refractivity contribution in [3.8, 4) is 16.2 Å². The van der Waals surface area contributed by atoms with Gasteiger partial charge < -0.3 is 37.9 Å². The molecule has 0 unspecified atom stereocenters. The van der Waals surface area contributed by atoms with Gasteiger partial charge in [-0.25, -0.2) is 15.8 Å². The van der Waals surface area contributed by atoms with Crippen LogP contribution in [-0.2, 0) is 37.9 Å². The van der Waals surface area contributed by atoms with Gasteiger partial charge in [0.25, 0.3) is 0 Å². The summed E-state index contributed by atoms with van der Waals surface area (Å²) in [7, 11) is 0. The summed E-state index contributed by atoms with van der Waals surface area (Å²) in [6, 6.07) is 0. The number of thiocyanates is 3. The summed E-state index contributed by atoms with van der Waals surface area (Å²) in [5, 5.41) is 25.4. The lowest BCUT2D eigenvalue weighted by molar-refractivity contribution is 1.57. The Kier molecular flexibility index (Phi) is 103. The molecule has 0 N–H and O–H groups in total. The van der Waals surface area contributed by atoms with Crippen molar-refractivity contribution in [3.63, 3.8) is 0 Å². The summed E-state index contributed by atoms with van der Waals surface area (Å²) in [5.41, 5.74) is 0. The Morgan fingerprint density at radius 2 is 0.667 bits per heavy atom. The Bertz CT molecular complexity index is 107. The SMILES string of the molecule is N#C[S-].N#C[S-].N#C[S-]. The maximum Gasteiger partial charge on any atom is -0.0797 e. The molecule has 0 bridgehead atoms. The van der Waals surface area contributed by atoms with Crippen molar-refractivity contribution in [2.24, 2.45) is 0 Å². The molecule has 0 radical (unpaired) electrons. The predicted molar refractivity (Wildman–Crippen MR) is 38.9 cm³/mol. The molecular formula is C3N3S3-3. The van der Waals surface area contributed by atoms with Gasteiger partial charge in [-0.3, -0.25) is 0 Å². The third-order valence-electron chi connectivity index (χ3n) is 0. The summed E-state index contributed by atoms with van der Waals surface area (Å²) in [6.45, 7) is 0. The topological polar surface area (TPSA) is 71.4 Å². The van der Waals surface area contributed by atoms with E-state index in [2.05, 4.69) is 37.9 Å². The van der Waals surface area contributed by atoms with Crippen molar-refractivity contribution in [2.75, 3.05) is 0 Å². The van der Waals surface area contributed by atoms with Gasteiger partial charge in [-0.2, -0.15) is 0 Å². The largest absolute Gasteiger partial charge is 0.696 e. The number of nitriles is 3. The molecule has 3 nitrogen and oxygen atoms in total. The van der Waals surface area contributed by atoms with E-state index in [1.165, 1.54) is 16.2 Å². The Morgan fingerprint density at radius 1 is 0.667 bits per heavy atom. The molecular weight excluding hydrogens is 174 g/mol. The molecule has 0 aliphatic carbocycles. The van der Waals surface area contributed by atoms with E-state index in [0.29, 0.717) is 0 Å². The fraction of sp³-hybridized carbons (Fsp3) is 0. The average Bonchev–Trinajstić information content (AvgIpc) is 1.70. The van der Waals surface area contributed by atoms with E-state index in [0.717, 1.165) is 0 Å². The van der Waals surface area contributed by atoms with Crippen LogP contribution in [0.4, 0.5) is 0 Å². The summed E-state index contributed by atoms with van der Waals surface area (Å²) in [5.74, 6) is 0. The Labute approximate surface area is 70.1 Å². The maximum atomic E-state index is 7.13. The van der Waals surface area contributed by atoms with Crippen LogP contribution in [0.15, 0.2) is 0 Å². The van der Waals surface area contributed by atoms with Gasteiger partial charge >= 0.3 is 0 Å². The van der Waals surface area contributed by atoms with Crippen molar-refractivity contribution in [3.05, 3.63) is 0 Å². The van der Waals surface area contributed by atoms with E-state index in [1.54, 1.807) is 0 Å². The van der Waals surface area contributed by atoms with Crippen LogP contribution in [0.3, 0.4) is 0 Å². The molecule has 0 spiro atoms. The van der Waals surface area contributed by atoms with Gasteiger partial charge in [-0.05, 0) is 0 Å². The normalized spacial score (nSPS) is 2.33. The standard InChI is InChI=1S/3CHNS/c3*2-1-3/h3*3H/p-3. The fourth-order valence-corrected chi connectivity index (χ4v) is 0. The number of hydrogen-bond acceptors (Lipinski definition) is 6. The first-order valence-electron chi connectivity index (χ1n) is 1.28. The molecule has 0 saturated heterocycles. The van der Waals surface area contributed by atoms with Gasteiger partial charge in [0.05, 0.1) is 0 Å². The van der Waals surface area contributed by atoms with Crippen LogP contribution in [0, 0.1) is 32.0 Å². The fourth-order valence-electron chi connectivity index (χ4n) is 0. The number of hydrogen-bond donors (Lipinski definition) is 0. The third-order valence-corrected chi connectivity index (χ3v) is 0. The zero-order valence-electron chi connectivity index (χ0n) is 4.07. The highest BCUT2D eigenvalue weighted by atomic mass is 32.1. The quantitative estimate of drug-likeness (QED) is 0.381. The van der Waals surface area contributed by atoms with E-state index in [-0.39, 0.29) is 0 Å². The molecule has 0 fully saturated rings. The van der Waals surface area contributed by atoms with Crippen LogP contribution in [-0.4, -0.2) is 0 Å². The smallest absolute Gasteiger partial charge is 0.0797 e. The van der Waals surface area contributed by atoms with Crippen LogP contribution in [0.1, 0.15) is 0 Å². The second-order valence-electron chi connectivity index (χ2n) is 0.274. The highest BCUT2D eigenvalue weighted by molar-refractivity contribution is 7.64. The van der Waals surface area contributed by atoms with Crippen LogP contribution >= 0.6 is 0 Å². The van der Waals surface area contributed by atoms with E-state index in [1.807, 2.05) is 0 Å². The molecule has 0 saturated carbocycles. The van der Waals surface area contributed by atoms with Crippen molar-refractivity contribution < 1.29 is 0 Å². The van der Waals surface area contributed by atoms with Gasteiger partial charge in [0.2, 0.25) is 0 Å². The van der Waals surface area contributed by atoms with Crippen molar-refractivity contribution in [2.45, 2.75) is 0 Å². The summed E-state index contributed by atoms with van der Waals surface area (Å²) < 4.78 is 0. The molecule has 0 heterocycles. The van der Waals surface area contributed by atoms with Crippen molar-refractivity contribution in [1.82, 2.24) is 0 Å². The van der Waals surface area contributed by atoms with Gasteiger partial charge in [0.1, 0.15) is 0 Å². The van der Waals surface area contributed by atoms with Crippen LogP contribution < -0.4 is 0 Å². The molecule has 0 amide bonds. The molecule has 0 aromatic carbocycles. The summed E-state index contributed by atoms with van der Waals surface area (Å²) in [4.78, 5) is 0. The number of nitrogens with zero attached hydrogens (tertiary/aromatic N) is 3. The lowest BCUT2D eigenvalue weighted by Crippen LogP contribution is -1.15. The number of rotatable bonds is 0. The molecule has 0 atom stereocenters. The minimum Gasteiger partial charge on any atom is -0.696 e. The Hall–Kier alpha value is -0.870. The van der Waals surface area contributed by atoms with Crippen molar-refractivity contribution in [1.29, 1.82) is 15.8 Å². The molecule has 6 heteroatoms. The first-order valence-corrected chi connectivity index (χ1v) is 2.51. The van der Waals surface area contributed by atoms with E-state index < -0.39 is 0 Å².